The molecule has 0 saturated carbocycles. The van der Waals surface area contributed by atoms with Crippen LogP contribution in [0.3, 0.4) is 0 Å². The van der Waals surface area contributed by atoms with Gasteiger partial charge in [0.25, 0.3) is 0 Å². The number of carboxylic acid groups (broad SMARTS) is 1. The summed E-state index contributed by atoms with van der Waals surface area (Å²) in [5, 5.41) is 12.6. The number of hydrogen-bond donors (Lipinski definition) is 2. The van der Waals surface area contributed by atoms with E-state index in [2.05, 4.69) is 20.3 Å². The lowest BCUT2D eigenvalue weighted by molar-refractivity contribution is 0.0693. The van der Waals surface area contributed by atoms with Crippen LogP contribution in [0.4, 0.5) is 11.5 Å². The van der Waals surface area contributed by atoms with Crippen LogP contribution in [0, 0.1) is 6.92 Å². The highest BCUT2D eigenvalue weighted by Crippen LogP contribution is 2.27. The van der Waals surface area contributed by atoms with Crippen LogP contribution in [0.25, 0.3) is 16.6 Å². The van der Waals surface area contributed by atoms with Gasteiger partial charge in [-0.1, -0.05) is 12.1 Å². The highest BCUT2D eigenvalue weighted by Gasteiger charge is 2.19. The Labute approximate surface area is 136 Å². The number of benzene rings is 1. The highest BCUT2D eigenvalue weighted by molar-refractivity contribution is 6.00. The first-order chi connectivity index (χ1) is 11.6. The first kappa shape index (κ1) is 14.1. The van der Waals surface area contributed by atoms with Gasteiger partial charge in [0.05, 0.1) is 17.2 Å². The molecule has 4 rings (SSSR count). The summed E-state index contributed by atoms with van der Waals surface area (Å²) >= 11 is 0. The molecule has 0 spiro atoms. The van der Waals surface area contributed by atoms with Gasteiger partial charge < -0.3 is 10.4 Å². The molecule has 0 amide bonds. The number of nitrogens with zero attached hydrogens (tertiary/aromatic N) is 4. The van der Waals surface area contributed by atoms with E-state index < -0.39 is 5.97 Å². The fourth-order valence-corrected chi connectivity index (χ4v) is 2.69. The van der Waals surface area contributed by atoms with Gasteiger partial charge >= 0.3 is 5.97 Å². The van der Waals surface area contributed by atoms with Gasteiger partial charge in [-0.25, -0.2) is 14.8 Å². The molecule has 0 saturated heterocycles. The molecule has 7 heteroatoms. The first-order valence-electron chi connectivity index (χ1n) is 7.31. The molecule has 3 aromatic heterocycles. The Bertz CT molecular complexity index is 1090. The zero-order chi connectivity index (χ0) is 16.7. The fraction of sp³-hybridized carbons (Fsp3) is 0.0588. The predicted octanol–water partition coefficient (Wildman–Crippen LogP) is 3.03. The third kappa shape index (κ3) is 2.23. The number of aromatic carboxylic acids is 1. The van der Waals surface area contributed by atoms with Crippen molar-refractivity contribution in [3.8, 4) is 0 Å². The van der Waals surface area contributed by atoms with Crippen molar-refractivity contribution in [1.29, 1.82) is 0 Å². The maximum Gasteiger partial charge on any atom is 0.356 e. The number of carbonyl (C=O) groups is 1. The number of aryl methyl sites for hydroxylation is 1. The number of hydrogen-bond acceptors (Lipinski definition) is 5. The largest absolute Gasteiger partial charge is 0.476 e. The van der Waals surface area contributed by atoms with E-state index in [1.165, 1.54) is 6.33 Å². The summed E-state index contributed by atoms with van der Waals surface area (Å²) < 4.78 is 1.69. The SMILES string of the molecule is Cc1cccc(Nc2nc3ccncc3n3cnc(C(=O)O)c23)c1. The number of imidazole rings is 1. The number of pyridine rings is 1. The molecule has 0 aliphatic carbocycles. The molecule has 24 heavy (non-hydrogen) atoms. The van der Waals surface area contributed by atoms with Crippen molar-refractivity contribution in [1.82, 2.24) is 19.4 Å². The van der Waals surface area contributed by atoms with Crippen LogP contribution in [-0.2, 0) is 0 Å². The highest BCUT2D eigenvalue weighted by atomic mass is 16.4. The number of carboxylic acids is 1. The average molecular weight is 319 g/mol. The van der Waals surface area contributed by atoms with E-state index in [1.54, 1.807) is 22.9 Å². The van der Waals surface area contributed by atoms with Gasteiger partial charge in [-0.15, -0.1) is 0 Å². The Morgan fingerprint density at radius 1 is 1.29 bits per heavy atom. The van der Waals surface area contributed by atoms with E-state index in [0.29, 0.717) is 22.4 Å². The summed E-state index contributed by atoms with van der Waals surface area (Å²) in [5.74, 6) is -0.663. The normalized spacial score (nSPS) is 11.0. The number of fused-ring (bicyclic) bond motifs is 3. The monoisotopic (exact) mass is 319 g/mol. The second kappa shape index (κ2) is 5.31. The van der Waals surface area contributed by atoms with E-state index in [9.17, 15) is 9.90 Å². The maximum absolute atomic E-state index is 11.5. The summed E-state index contributed by atoms with van der Waals surface area (Å²) in [6.07, 6.45) is 4.76. The Morgan fingerprint density at radius 2 is 2.17 bits per heavy atom. The van der Waals surface area contributed by atoms with Crippen molar-refractivity contribution in [2.24, 2.45) is 0 Å². The molecule has 1 aromatic carbocycles. The van der Waals surface area contributed by atoms with Crippen LogP contribution in [0.5, 0.6) is 0 Å². The lowest BCUT2D eigenvalue weighted by Gasteiger charge is -2.11. The van der Waals surface area contributed by atoms with E-state index in [1.807, 2.05) is 31.2 Å². The van der Waals surface area contributed by atoms with Crippen molar-refractivity contribution in [3.63, 3.8) is 0 Å². The van der Waals surface area contributed by atoms with Crippen molar-refractivity contribution >= 4 is 34.0 Å². The second-order valence-corrected chi connectivity index (χ2v) is 5.44. The molecule has 118 valence electrons. The maximum atomic E-state index is 11.5. The lowest BCUT2D eigenvalue weighted by Crippen LogP contribution is -2.04. The van der Waals surface area contributed by atoms with Gasteiger partial charge in [0, 0.05) is 11.9 Å². The molecule has 7 nitrogen and oxygen atoms in total. The number of anilines is 2. The molecule has 0 aliphatic rings. The van der Waals surface area contributed by atoms with E-state index in [4.69, 9.17) is 0 Å². The van der Waals surface area contributed by atoms with Gasteiger partial charge in [-0.2, -0.15) is 0 Å². The van der Waals surface area contributed by atoms with Crippen LogP contribution in [0.15, 0.2) is 49.1 Å². The van der Waals surface area contributed by atoms with E-state index in [-0.39, 0.29) is 5.69 Å². The lowest BCUT2D eigenvalue weighted by atomic mass is 10.2. The molecule has 0 radical (unpaired) electrons. The average Bonchev–Trinajstić information content (AvgIpc) is 3.01. The third-order valence-corrected chi connectivity index (χ3v) is 3.74. The molecular formula is C17H13N5O2. The minimum atomic E-state index is -1.10. The van der Waals surface area contributed by atoms with Gasteiger partial charge in [0.1, 0.15) is 11.8 Å². The summed E-state index contributed by atoms with van der Waals surface area (Å²) in [6, 6.07) is 9.55. The minimum absolute atomic E-state index is 0.0524. The minimum Gasteiger partial charge on any atom is -0.476 e. The second-order valence-electron chi connectivity index (χ2n) is 5.44. The topological polar surface area (TPSA) is 92.4 Å². The molecular weight excluding hydrogens is 306 g/mol. The Hall–Kier alpha value is -3.48. The standard InChI is InChI=1S/C17H13N5O2/c1-10-3-2-4-11(7-10)20-16-15-14(17(23)24)19-9-22(15)13-8-18-6-5-12(13)21-16/h2-9H,1H3,(H,20,21)(H,23,24). The molecule has 0 atom stereocenters. The molecule has 0 bridgehead atoms. The smallest absolute Gasteiger partial charge is 0.356 e. The quantitative estimate of drug-likeness (QED) is 0.603. The molecule has 4 aromatic rings. The Balaban J connectivity index is 2.00. The van der Waals surface area contributed by atoms with Crippen molar-refractivity contribution in [2.45, 2.75) is 6.92 Å². The zero-order valence-corrected chi connectivity index (χ0v) is 12.8. The van der Waals surface area contributed by atoms with Crippen LogP contribution >= 0.6 is 0 Å². The fourth-order valence-electron chi connectivity index (χ4n) is 2.69. The zero-order valence-electron chi connectivity index (χ0n) is 12.8. The Kier molecular flexibility index (Phi) is 3.13. The number of aromatic nitrogens is 4. The molecule has 0 aliphatic heterocycles. The number of nitrogens with one attached hydrogen (secondary N) is 1. The summed E-state index contributed by atoms with van der Waals surface area (Å²) in [6.45, 7) is 1.99. The van der Waals surface area contributed by atoms with Gasteiger partial charge in [0.15, 0.2) is 11.5 Å². The summed E-state index contributed by atoms with van der Waals surface area (Å²) in [7, 11) is 0. The molecule has 0 unspecified atom stereocenters. The number of rotatable bonds is 3. The van der Waals surface area contributed by atoms with Gasteiger partial charge in [-0.3, -0.25) is 9.38 Å². The third-order valence-electron chi connectivity index (χ3n) is 3.74. The predicted molar refractivity (Wildman–Crippen MR) is 89.7 cm³/mol. The van der Waals surface area contributed by atoms with Gasteiger partial charge in [0.2, 0.25) is 0 Å². The van der Waals surface area contributed by atoms with E-state index >= 15 is 0 Å². The van der Waals surface area contributed by atoms with Crippen molar-refractivity contribution < 1.29 is 9.90 Å². The first-order valence-corrected chi connectivity index (χ1v) is 7.31. The van der Waals surface area contributed by atoms with Crippen molar-refractivity contribution in [2.75, 3.05) is 5.32 Å². The van der Waals surface area contributed by atoms with Crippen LogP contribution in [0.1, 0.15) is 16.1 Å². The van der Waals surface area contributed by atoms with Gasteiger partial charge in [-0.05, 0) is 30.7 Å². The van der Waals surface area contributed by atoms with Crippen LogP contribution in [-0.4, -0.2) is 30.4 Å². The Morgan fingerprint density at radius 3 is 2.96 bits per heavy atom. The molecule has 3 heterocycles. The molecule has 2 N–H and O–H groups in total. The van der Waals surface area contributed by atoms with E-state index in [0.717, 1.165) is 11.3 Å². The summed E-state index contributed by atoms with van der Waals surface area (Å²) in [5.41, 5.74) is 3.67. The van der Waals surface area contributed by atoms with Crippen molar-refractivity contribution in [3.05, 3.63) is 60.3 Å². The molecule has 0 fully saturated rings. The van der Waals surface area contributed by atoms with Crippen LogP contribution in [0.2, 0.25) is 0 Å². The van der Waals surface area contributed by atoms with Crippen LogP contribution < -0.4 is 5.32 Å². The summed E-state index contributed by atoms with van der Waals surface area (Å²) in [4.78, 5) is 24.2.